The van der Waals surface area contributed by atoms with Gasteiger partial charge in [-0.15, -0.1) is 0 Å². The Kier molecular flexibility index (Phi) is 6.88. The van der Waals surface area contributed by atoms with Gasteiger partial charge in [-0.3, -0.25) is 0 Å². The highest BCUT2D eigenvalue weighted by atomic mass is 15.1. The summed E-state index contributed by atoms with van der Waals surface area (Å²) in [4.78, 5) is 2.39. The van der Waals surface area contributed by atoms with E-state index in [-0.39, 0.29) is 5.41 Å². The zero-order valence-corrected chi connectivity index (χ0v) is 26.2. The van der Waals surface area contributed by atoms with Crippen LogP contribution in [-0.4, -0.2) is 0 Å². The van der Waals surface area contributed by atoms with Crippen LogP contribution in [0.1, 0.15) is 25.0 Å². The molecule has 0 fully saturated rings. The first-order valence-corrected chi connectivity index (χ1v) is 16.0. The average molecular weight is 590 g/mol. The van der Waals surface area contributed by atoms with E-state index in [1.165, 1.54) is 55.6 Å². The second-order valence-electron chi connectivity index (χ2n) is 12.6. The topological polar surface area (TPSA) is 3.24 Å². The number of fused-ring (bicyclic) bond motifs is 5. The zero-order valence-electron chi connectivity index (χ0n) is 26.2. The van der Waals surface area contributed by atoms with E-state index >= 15 is 0 Å². The Bertz CT molecular complexity index is 2060. The van der Waals surface area contributed by atoms with Gasteiger partial charge in [0.15, 0.2) is 0 Å². The summed E-state index contributed by atoms with van der Waals surface area (Å²) in [5, 5.41) is 0. The standard InChI is InChI=1S/C45H35N/c1-45(2)43-20-12-11-19-41(43)39-17-9-10-18-40(39)42-30-29-38(31-44(42)45)46(36-25-21-34(22-26-36)32-13-5-3-6-14-32)37-27-23-35(24-28-37)33-15-7-4-8-16-33/h3-31H,1-2H3. The van der Waals surface area contributed by atoms with Crippen LogP contribution in [0.4, 0.5) is 17.1 Å². The van der Waals surface area contributed by atoms with Crippen molar-refractivity contribution in [3.8, 4) is 44.5 Å². The molecule has 0 saturated carbocycles. The number of benzene rings is 7. The summed E-state index contributed by atoms with van der Waals surface area (Å²) in [6, 6.07) is 63.9. The number of rotatable bonds is 5. The van der Waals surface area contributed by atoms with E-state index in [4.69, 9.17) is 0 Å². The minimum Gasteiger partial charge on any atom is -0.310 e. The van der Waals surface area contributed by atoms with Crippen molar-refractivity contribution in [3.63, 3.8) is 0 Å². The van der Waals surface area contributed by atoms with Crippen LogP contribution in [0.15, 0.2) is 176 Å². The van der Waals surface area contributed by atoms with Gasteiger partial charge in [0.2, 0.25) is 0 Å². The van der Waals surface area contributed by atoms with Crippen LogP contribution in [-0.2, 0) is 5.41 Å². The molecular formula is C45H35N. The second kappa shape index (κ2) is 11.4. The van der Waals surface area contributed by atoms with Gasteiger partial charge in [-0.2, -0.15) is 0 Å². The van der Waals surface area contributed by atoms with E-state index in [1.807, 2.05) is 0 Å². The number of hydrogen-bond acceptors (Lipinski definition) is 1. The van der Waals surface area contributed by atoms with Crippen molar-refractivity contribution in [1.82, 2.24) is 0 Å². The minimum atomic E-state index is -0.207. The van der Waals surface area contributed by atoms with Gasteiger partial charge in [0.05, 0.1) is 0 Å². The summed E-state index contributed by atoms with van der Waals surface area (Å²) >= 11 is 0. The average Bonchev–Trinajstić information content (AvgIpc) is 3.20. The normalized spacial score (nSPS) is 12.7. The number of anilines is 3. The third-order valence-corrected chi connectivity index (χ3v) is 9.51. The van der Waals surface area contributed by atoms with E-state index in [9.17, 15) is 0 Å². The molecule has 0 atom stereocenters. The Morgan fingerprint density at radius 3 is 1.24 bits per heavy atom. The van der Waals surface area contributed by atoms with E-state index in [2.05, 4.69) is 195 Å². The smallest absolute Gasteiger partial charge is 0.0465 e. The Morgan fingerprint density at radius 2 is 0.717 bits per heavy atom. The molecule has 46 heavy (non-hydrogen) atoms. The van der Waals surface area contributed by atoms with Crippen LogP contribution < -0.4 is 4.90 Å². The quantitative estimate of drug-likeness (QED) is 0.193. The molecule has 0 aromatic heterocycles. The minimum absolute atomic E-state index is 0.207. The Morgan fingerprint density at radius 1 is 0.326 bits per heavy atom. The summed E-state index contributed by atoms with van der Waals surface area (Å²) in [5.41, 5.74) is 15.9. The molecule has 0 bridgehead atoms. The van der Waals surface area contributed by atoms with Crippen molar-refractivity contribution < 1.29 is 0 Å². The van der Waals surface area contributed by atoms with Crippen molar-refractivity contribution >= 4 is 17.1 Å². The van der Waals surface area contributed by atoms with Crippen molar-refractivity contribution in [1.29, 1.82) is 0 Å². The molecule has 0 heterocycles. The molecule has 1 heteroatoms. The first kappa shape index (κ1) is 27.9. The maximum Gasteiger partial charge on any atom is 0.0465 e. The fourth-order valence-corrected chi connectivity index (χ4v) is 7.10. The molecule has 0 aliphatic heterocycles. The lowest BCUT2D eigenvalue weighted by molar-refractivity contribution is 0.646. The molecular weight excluding hydrogens is 555 g/mol. The Labute approximate surface area is 272 Å². The monoisotopic (exact) mass is 589 g/mol. The summed E-state index contributed by atoms with van der Waals surface area (Å²) in [7, 11) is 0. The highest BCUT2D eigenvalue weighted by molar-refractivity contribution is 5.92. The van der Waals surface area contributed by atoms with Gasteiger partial charge in [0.1, 0.15) is 0 Å². The van der Waals surface area contributed by atoms with Gasteiger partial charge in [0, 0.05) is 22.5 Å². The fourth-order valence-electron chi connectivity index (χ4n) is 7.10. The summed E-state index contributed by atoms with van der Waals surface area (Å²) < 4.78 is 0. The first-order valence-electron chi connectivity index (χ1n) is 16.0. The molecule has 0 radical (unpaired) electrons. The van der Waals surface area contributed by atoms with Crippen LogP contribution in [0.2, 0.25) is 0 Å². The molecule has 8 rings (SSSR count). The number of hydrogen-bond donors (Lipinski definition) is 0. The molecule has 7 aromatic rings. The van der Waals surface area contributed by atoms with Gasteiger partial charge in [-0.25, -0.2) is 0 Å². The highest BCUT2D eigenvalue weighted by Crippen LogP contribution is 2.50. The summed E-state index contributed by atoms with van der Waals surface area (Å²) in [6.45, 7) is 4.74. The maximum absolute atomic E-state index is 2.42. The van der Waals surface area contributed by atoms with Crippen molar-refractivity contribution in [2.24, 2.45) is 0 Å². The molecule has 0 N–H and O–H groups in total. The van der Waals surface area contributed by atoms with Crippen LogP contribution in [0.3, 0.4) is 0 Å². The van der Waals surface area contributed by atoms with E-state index in [0.717, 1.165) is 17.1 Å². The fraction of sp³-hybridized carbons (Fsp3) is 0.0667. The van der Waals surface area contributed by atoms with E-state index in [1.54, 1.807) is 0 Å². The molecule has 1 aliphatic rings. The van der Waals surface area contributed by atoms with Crippen molar-refractivity contribution in [2.75, 3.05) is 4.90 Å². The summed E-state index contributed by atoms with van der Waals surface area (Å²) in [5.74, 6) is 0. The molecule has 7 aromatic carbocycles. The van der Waals surface area contributed by atoms with Gasteiger partial charge < -0.3 is 4.90 Å². The summed E-state index contributed by atoms with van der Waals surface area (Å²) in [6.07, 6.45) is 0. The SMILES string of the molecule is CC1(C)c2ccccc2-c2ccccc2-c2ccc(N(c3ccc(-c4ccccc4)cc3)c3ccc(-c4ccccc4)cc3)cc21. The van der Waals surface area contributed by atoms with Gasteiger partial charge >= 0.3 is 0 Å². The predicted molar refractivity (Wildman–Crippen MR) is 195 cm³/mol. The van der Waals surface area contributed by atoms with Crippen molar-refractivity contribution in [3.05, 3.63) is 187 Å². The second-order valence-corrected chi connectivity index (χ2v) is 12.6. The molecule has 0 spiro atoms. The third-order valence-electron chi connectivity index (χ3n) is 9.51. The maximum atomic E-state index is 2.42. The lowest BCUT2D eigenvalue weighted by Crippen LogP contribution is -2.21. The molecule has 1 nitrogen and oxygen atoms in total. The molecule has 220 valence electrons. The lowest BCUT2D eigenvalue weighted by Gasteiger charge is -2.31. The van der Waals surface area contributed by atoms with E-state index < -0.39 is 0 Å². The molecule has 1 aliphatic carbocycles. The first-order chi connectivity index (χ1) is 22.6. The number of nitrogens with zero attached hydrogens (tertiary/aromatic N) is 1. The Balaban J connectivity index is 1.30. The largest absolute Gasteiger partial charge is 0.310 e. The molecule has 0 saturated heterocycles. The molecule has 0 unspecified atom stereocenters. The van der Waals surface area contributed by atoms with Gasteiger partial charge in [-0.1, -0.05) is 153 Å². The van der Waals surface area contributed by atoms with E-state index in [0.29, 0.717) is 0 Å². The zero-order chi connectivity index (χ0) is 31.1. The third kappa shape index (κ3) is 4.82. The highest BCUT2D eigenvalue weighted by Gasteiger charge is 2.33. The van der Waals surface area contributed by atoms with Crippen LogP contribution >= 0.6 is 0 Å². The predicted octanol–water partition coefficient (Wildman–Crippen LogP) is 12.5. The van der Waals surface area contributed by atoms with Gasteiger partial charge in [-0.05, 0) is 92.0 Å². The molecule has 0 amide bonds. The van der Waals surface area contributed by atoms with Gasteiger partial charge in [0.25, 0.3) is 0 Å². The van der Waals surface area contributed by atoms with Crippen LogP contribution in [0.5, 0.6) is 0 Å². The van der Waals surface area contributed by atoms with Crippen LogP contribution in [0, 0.1) is 0 Å². The van der Waals surface area contributed by atoms with Crippen LogP contribution in [0.25, 0.3) is 44.5 Å². The lowest BCUT2D eigenvalue weighted by atomic mass is 9.75. The Hall–Kier alpha value is -5.66. The van der Waals surface area contributed by atoms with Crippen molar-refractivity contribution in [2.45, 2.75) is 19.3 Å².